The van der Waals surface area contributed by atoms with Crippen molar-refractivity contribution in [2.45, 2.75) is 32.2 Å². The van der Waals surface area contributed by atoms with Crippen LogP contribution in [0.15, 0.2) is 53.9 Å². The number of nitrogens with zero attached hydrogens (tertiary/aromatic N) is 2. The van der Waals surface area contributed by atoms with Gasteiger partial charge in [0.25, 0.3) is 5.91 Å². The number of aryl methyl sites for hydroxylation is 1. The Bertz CT molecular complexity index is 1320. The summed E-state index contributed by atoms with van der Waals surface area (Å²) in [6, 6.07) is 15.1. The highest BCUT2D eigenvalue weighted by Crippen LogP contribution is 2.36. The number of hydrogen-bond acceptors (Lipinski definition) is 6. The van der Waals surface area contributed by atoms with Crippen LogP contribution in [0.4, 0.5) is 0 Å². The molecule has 37 heavy (non-hydrogen) atoms. The molecule has 2 aliphatic heterocycles. The van der Waals surface area contributed by atoms with E-state index in [1.54, 1.807) is 34.4 Å². The molecule has 6 rings (SSSR count). The largest absolute Gasteiger partial charge is 0.491 e. The zero-order valence-electron chi connectivity index (χ0n) is 20.9. The first-order chi connectivity index (χ1) is 18.1. The number of para-hydroxylation sites is 1. The maximum atomic E-state index is 13.8. The maximum Gasteiger partial charge on any atom is 0.254 e. The normalized spacial score (nSPS) is 17.9. The van der Waals surface area contributed by atoms with Crippen molar-refractivity contribution in [2.75, 3.05) is 33.0 Å². The lowest BCUT2D eigenvalue weighted by Crippen LogP contribution is -2.48. The Morgan fingerprint density at radius 3 is 2.78 bits per heavy atom. The SMILES string of the molecule is Cc1ccccc1OC[C@@H]1c2ccsc2CCN1C(=O)CN(CC1CC1)C(=O)c1ccc2c(c1)OCO2. The zero-order chi connectivity index (χ0) is 25.4. The van der Waals surface area contributed by atoms with Crippen LogP contribution in [0.5, 0.6) is 17.2 Å². The lowest BCUT2D eigenvalue weighted by atomic mass is 10.00. The van der Waals surface area contributed by atoms with Gasteiger partial charge in [0.15, 0.2) is 11.5 Å². The smallest absolute Gasteiger partial charge is 0.254 e. The molecule has 8 heteroatoms. The summed E-state index contributed by atoms with van der Waals surface area (Å²) in [6.45, 7) is 3.79. The topological polar surface area (TPSA) is 68.3 Å². The van der Waals surface area contributed by atoms with E-state index in [4.69, 9.17) is 14.2 Å². The van der Waals surface area contributed by atoms with E-state index in [2.05, 4.69) is 11.4 Å². The van der Waals surface area contributed by atoms with Crippen molar-refractivity contribution in [1.82, 2.24) is 9.80 Å². The number of carbonyl (C=O) groups is 2. The second kappa shape index (κ2) is 10.1. The van der Waals surface area contributed by atoms with Crippen molar-refractivity contribution in [2.24, 2.45) is 5.92 Å². The summed E-state index contributed by atoms with van der Waals surface area (Å²) >= 11 is 1.73. The third kappa shape index (κ3) is 5.03. The van der Waals surface area contributed by atoms with Crippen LogP contribution in [-0.2, 0) is 11.2 Å². The second-order valence-electron chi connectivity index (χ2n) is 9.93. The van der Waals surface area contributed by atoms with Crippen molar-refractivity contribution in [3.63, 3.8) is 0 Å². The molecule has 1 aliphatic carbocycles. The maximum absolute atomic E-state index is 13.8. The summed E-state index contributed by atoms with van der Waals surface area (Å²) in [7, 11) is 0. The molecular formula is C29H30N2O5S. The summed E-state index contributed by atoms with van der Waals surface area (Å²) in [4.78, 5) is 32.2. The first-order valence-electron chi connectivity index (χ1n) is 12.8. The standard InChI is InChI=1S/C29H30N2O5S/c1-19-4-2-3-5-24(19)34-17-23-22-11-13-37-27(22)10-12-31(23)28(32)16-30(15-20-6-7-20)29(33)21-8-9-25-26(14-21)36-18-35-25/h2-5,8-9,11,13-14,20,23H,6-7,10,12,15-18H2,1H3/t23-/m1/s1. The molecule has 1 saturated carbocycles. The lowest BCUT2D eigenvalue weighted by molar-refractivity contribution is -0.135. The molecule has 0 bridgehead atoms. The summed E-state index contributed by atoms with van der Waals surface area (Å²) in [6.07, 6.45) is 3.00. The highest BCUT2D eigenvalue weighted by atomic mass is 32.1. The molecule has 1 aromatic heterocycles. The molecule has 0 radical (unpaired) electrons. The molecule has 192 valence electrons. The van der Waals surface area contributed by atoms with Crippen LogP contribution in [-0.4, -0.2) is 54.6 Å². The summed E-state index contributed by atoms with van der Waals surface area (Å²) < 4.78 is 17.1. The Morgan fingerprint density at radius 1 is 1.11 bits per heavy atom. The van der Waals surface area contributed by atoms with Gasteiger partial charge in [-0.05, 0) is 78.9 Å². The molecule has 3 aliphatic rings. The van der Waals surface area contributed by atoms with E-state index >= 15 is 0 Å². The number of carbonyl (C=O) groups excluding carboxylic acids is 2. The number of fused-ring (bicyclic) bond motifs is 2. The van der Waals surface area contributed by atoms with E-state index in [0.717, 1.165) is 36.1 Å². The molecule has 3 heterocycles. The van der Waals surface area contributed by atoms with Crippen LogP contribution in [0, 0.1) is 12.8 Å². The van der Waals surface area contributed by atoms with Gasteiger partial charge in [-0.15, -0.1) is 11.3 Å². The Hall–Kier alpha value is -3.52. The molecule has 2 aromatic carbocycles. The molecular weight excluding hydrogens is 488 g/mol. The van der Waals surface area contributed by atoms with Crippen LogP contribution >= 0.6 is 11.3 Å². The fourth-order valence-electron chi connectivity index (χ4n) is 5.06. The van der Waals surface area contributed by atoms with Crippen molar-refractivity contribution in [3.05, 3.63) is 75.5 Å². The molecule has 0 N–H and O–H groups in total. The molecule has 3 aromatic rings. The average Bonchev–Trinajstić information content (AvgIpc) is 3.38. The lowest BCUT2D eigenvalue weighted by Gasteiger charge is -2.37. The predicted molar refractivity (Wildman–Crippen MR) is 140 cm³/mol. The Balaban J connectivity index is 1.21. The Labute approximate surface area is 220 Å². The first-order valence-corrected chi connectivity index (χ1v) is 13.7. The van der Waals surface area contributed by atoms with E-state index in [9.17, 15) is 9.59 Å². The minimum Gasteiger partial charge on any atom is -0.491 e. The fourth-order valence-corrected chi connectivity index (χ4v) is 5.99. The van der Waals surface area contributed by atoms with Crippen LogP contribution in [0.25, 0.3) is 0 Å². The summed E-state index contributed by atoms with van der Waals surface area (Å²) in [5.41, 5.74) is 2.72. The Kier molecular flexibility index (Phi) is 6.50. The van der Waals surface area contributed by atoms with Gasteiger partial charge >= 0.3 is 0 Å². The van der Waals surface area contributed by atoms with Crippen LogP contribution in [0.3, 0.4) is 0 Å². The van der Waals surface area contributed by atoms with E-state index in [0.29, 0.717) is 42.7 Å². The highest BCUT2D eigenvalue weighted by Gasteiger charge is 2.35. The van der Waals surface area contributed by atoms with Gasteiger partial charge in [-0.25, -0.2) is 0 Å². The number of rotatable bonds is 8. The van der Waals surface area contributed by atoms with E-state index < -0.39 is 0 Å². The van der Waals surface area contributed by atoms with E-state index in [1.807, 2.05) is 36.1 Å². The van der Waals surface area contributed by atoms with Crippen LogP contribution in [0.2, 0.25) is 0 Å². The molecule has 0 spiro atoms. The van der Waals surface area contributed by atoms with Gasteiger partial charge in [0.2, 0.25) is 12.7 Å². The van der Waals surface area contributed by atoms with Crippen molar-refractivity contribution < 1.29 is 23.8 Å². The fraction of sp³-hybridized carbons (Fsp3) is 0.379. The van der Waals surface area contributed by atoms with Gasteiger partial charge < -0.3 is 24.0 Å². The molecule has 0 unspecified atom stereocenters. The Morgan fingerprint density at radius 2 is 1.95 bits per heavy atom. The number of benzene rings is 2. The van der Waals surface area contributed by atoms with Crippen LogP contribution in [0.1, 0.15) is 45.2 Å². The highest BCUT2D eigenvalue weighted by molar-refractivity contribution is 7.10. The third-order valence-corrected chi connectivity index (χ3v) is 8.31. The number of hydrogen-bond donors (Lipinski definition) is 0. The number of ether oxygens (including phenoxy) is 3. The predicted octanol–water partition coefficient (Wildman–Crippen LogP) is 4.84. The third-order valence-electron chi connectivity index (χ3n) is 7.31. The molecule has 0 saturated heterocycles. The molecule has 1 fully saturated rings. The minimum atomic E-state index is -0.189. The van der Waals surface area contributed by atoms with Crippen molar-refractivity contribution >= 4 is 23.2 Å². The summed E-state index contributed by atoms with van der Waals surface area (Å²) in [5, 5.41) is 2.09. The van der Waals surface area contributed by atoms with Crippen LogP contribution < -0.4 is 14.2 Å². The van der Waals surface area contributed by atoms with Crippen molar-refractivity contribution in [1.29, 1.82) is 0 Å². The number of thiophene rings is 1. The second-order valence-corrected chi connectivity index (χ2v) is 10.9. The quantitative estimate of drug-likeness (QED) is 0.427. The summed E-state index contributed by atoms with van der Waals surface area (Å²) in [5.74, 6) is 2.28. The van der Waals surface area contributed by atoms with Crippen molar-refractivity contribution in [3.8, 4) is 17.2 Å². The van der Waals surface area contributed by atoms with Gasteiger partial charge in [-0.1, -0.05) is 18.2 Å². The number of amides is 2. The molecule has 1 atom stereocenters. The average molecular weight is 519 g/mol. The monoisotopic (exact) mass is 518 g/mol. The zero-order valence-corrected chi connectivity index (χ0v) is 21.7. The van der Waals surface area contributed by atoms with Gasteiger partial charge in [0.05, 0.1) is 6.04 Å². The molecule has 7 nitrogen and oxygen atoms in total. The van der Waals surface area contributed by atoms with Gasteiger partial charge in [0, 0.05) is 23.5 Å². The first kappa shape index (κ1) is 23.9. The van der Waals surface area contributed by atoms with Gasteiger partial charge in [-0.3, -0.25) is 9.59 Å². The van der Waals surface area contributed by atoms with Gasteiger partial charge in [-0.2, -0.15) is 0 Å². The van der Waals surface area contributed by atoms with Gasteiger partial charge in [0.1, 0.15) is 18.9 Å². The van der Waals surface area contributed by atoms with E-state index in [1.165, 1.54) is 4.88 Å². The minimum absolute atomic E-state index is 0.0457. The van der Waals surface area contributed by atoms with E-state index in [-0.39, 0.29) is 31.2 Å². The molecule has 2 amide bonds.